The van der Waals surface area contributed by atoms with Crippen molar-refractivity contribution in [3.63, 3.8) is 0 Å². The van der Waals surface area contributed by atoms with Crippen LogP contribution in [0.25, 0.3) is 0 Å². The molecule has 0 heterocycles. The van der Waals surface area contributed by atoms with Crippen LogP contribution in [-0.2, 0) is 4.79 Å². The summed E-state index contributed by atoms with van der Waals surface area (Å²) in [6.07, 6.45) is 6.42. The lowest BCUT2D eigenvalue weighted by Crippen LogP contribution is -2.16. The van der Waals surface area contributed by atoms with Crippen LogP contribution in [-0.4, -0.2) is 17.2 Å². The third kappa shape index (κ3) is 6.03. The predicted molar refractivity (Wildman–Crippen MR) is 72.6 cm³/mol. The summed E-state index contributed by atoms with van der Waals surface area (Å²) in [5.74, 6) is 0.160. The highest BCUT2D eigenvalue weighted by atomic mass is 16.3. The average molecular weight is 248 g/mol. The van der Waals surface area contributed by atoms with E-state index in [4.69, 9.17) is 5.11 Å². The van der Waals surface area contributed by atoms with Gasteiger partial charge in [0.2, 0.25) is 5.91 Å². The third-order valence-corrected chi connectivity index (χ3v) is 2.55. The van der Waals surface area contributed by atoms with Crippen LogP contribution in [0.3, 0.4) is 0 Å². The predicted octanol–water partition coefficient (Wildman–Crippen LogP) is 2.81. The summed E-state index contributed by atoms with van der Waals surface area (Å²) in [6, 6.07) is 6.61. The number of rotatable bonds is 7. The van der Waals surface area contributed by atoms with Crippen molar-refractivity contribution in [3.05, 3.63) is 29.8 Å². The molecule has 0 saturated carbocycles. The van der Waals surface area contributed by atoms with Crippen molar-refractivity contribution in [1.29, 1.82) is 0 Å². The van der Waals surface area contributed by atoms with Crippen LogP contribution in [0.1, 0.15) is 44.6 Å². The van der Waals surface area contributed by atoms with Gasteiger partial charge < -0.3 is 5.11 Å². The number of nitrogens with zero attached hydrogens (tertiary/aromatic N) is 1. The highest BCUT2D eigenvalue weighted by Crippen LogP contribution is 2.07. The van der Waals surface area contributed by atoms with Crippen molar-refractivity contribution in [3.8, 4) is 5.75 Å². The maximum Gasteiger partial charge on any atom is 0.240 e. The van der Waals surface area contributed by atoms with Crippen LogP contribution in [0, 0.1) is 0 Å². The van der Waals surface area contributed by atoms with E-state index < -0.39 is 0 Å². The molecule has 0 fully saturated rings. The summed E-state index contributed by atoms with van der Waals surface area (Å²) in [5, 5.41) is 13.0. The van der Waals surface area contributed by atoms with Crippen LogP contribution in [0.2, 0.25) is 0 Å². The molecule has 98 valence electrons. The van der Waals surface area contributed by atoms with Crippen molar-refractivity contribution in [2.24, 2.45) is 5.10 Å². The van der Waals surface area contributed by atoms with Crippen molar-refractivity contribution < 1.29 is 9.90 Å². The molecule has 0 unspecified atom stereocenters. The summed E-state index contributed by atoms with van der Waals surface area (Å²) in [7, 11) is 0. The summed E-state index contributed by atoms with van der Waals surface area (Å²) >= 11 is 0. The fraction of sp³-hybridized carbons (Fsp3) is 0.429. The quantitative estimate of drug-likeness (QED) is 0.443. The molecule has 0 saturated heterocycles. The molecule has 1 aromatic carbocycles. The maximum absolute atomic E-state index is 11.4. The molecule has 18 heavy (non-hydrogen) atoms. The monoisotopic (exact) mass is 248 g/mol. The van der Waals surface area contributed by atoms with Crippen molar-refractivity contribution in [2.45, 2.75) is 39.0 Å². The molecule has 1 rings (SSSR count). The molecular weight excluding hydrogens is 228 g/mol. The highest BCUT2D eigenvalue weighted by Gasteiger charge is 1.98. The maximum atomic E-state index is 11.4. The molecule has 0 aliphatic heterocycles. The highest BCUT2D eigenvalue weighted by molar-refractivity contribution is 5.82. The second-order valence-corrected chi connectivity index (χ2v) is 4.20. The number of phenolic OH excluding ortho intramolecular Hbond substituents is 1. The van der Waals surface area contributed by atoms with Gasteiger partial charge in [-0.05, 0) is 36.2 Å². The van der Waals surface area contributed by atoms with E-state index in [1.54, 1.807) is 30.5 Å². The molecule has 0 aliphatic rings. The minimum atomic E-state index is -0.0545. The lowest BCUT2D eigenvalue weighted by atomic mass is 10.1. The molecule has 0 aromatic heterocycles. The fourth-order valence-corrected chi connectivity index (χ4v) is 1.51. The van der Waals surface area contributed by atoms with Crippen molar-refractivity contribution >= 4 is 12.1 Å². The molecule has 0 aliphatic carbocycles. The van der Waals surface area contributed by atoms with Crippen molar-refractivity contribution in [1.82, 2.24) is 5.43 Å². The van der Waals surface area contributed by atoms with E-state index in [-0.39, 0.29) is 11.7 Å². The first kappa shape index (κ1) is 14.2. The van der Waals surface area contributed by atoms with Gasteiger partial charge in [-0.3, -0.25) is 4.79 Å². The first-order chi connectivity index (χ1) is 8.72. The van der Waals surface area contributed by atoms with Gasteiger partial charge in [0.1, 0.15) is 5.75 Å². The smallest absolute Gasteiger partial charge is 0.240 e. The molecule has 0 spiro atoms. The van der Waals surface area contributed by atoms with Gasteiger partial charge >= 0.3 is 0 Å². The number of hydrogen-bond donors (Lipinski definition) is 2. The van der Waals surface area contributed by atoms with Gasteiger partial charge in [-0.15, -0.1) is 0 Å². The normalized spacial score (nSPS) is 10.7. The number of hydrazone groups is 1. The van der Waals surface area contributed by atoms with Gasteiger partial charge in [-0.2, -0.15) is 5.10 Å². The van der Waals surface area contributed by atoms with E-state index in [1.807, 2.05) is 0 Å². The van der Waals surface area contributed by atoms with Gasteiger partial charge in [-0.1, -0.05) is 26.2 Å². The lowest BCUT2D eigenvalue weighted by molar-refractivity contribution is -0.121. The van der Waals surface area contributed by atoms with Gasteiger partial charge in [0, 0.05) is 6.42 Å². The molecule has 1 amide bonds. The average Bonchev–Trinajstić information content (AvgIpc) is 2.37. The summed E-state index contributed by atoms with van der Waals surface area (Å²) in [4.78, 5) is 11.4. The minimum Gasteiger partial charge on any atom is -0.508 e. The van der Waals surface area contributed by atoms with Crippen LogP contribution in [0.4, 0.5) is 0 Å². The van der Waals surface area contributed by atoms with E-state index in [1.165, 1.54) is 12.8 Å². The van der Waals surface area contributed by atoms with Crippen LogP contribution in [0.5, 0.6) is 5.75 Å². The van der Waals surface area contributed by atoms with Gasteiger partial charge in [-0.25, -0.2) is 5.43 Å². The van der Waals surface area contributed by atoms with E-state index in [9.17, 15) is 4.79 Å². The Morgan fingerprint density at radius 2 is 2.00 bits per heavy atom. The number of carbonyl (C=O) groups excluding carboxylic acids is 1. The SMILES string of the molecule is CCCCCCC(=O)N/N=C\c1ccc(O)cc1. The number of nitrogens with one attached hydrogen (secondary N) is 1. The topological polar surface area (TPSA) is 61.7 Å². The number of benzene rings is 1. The van der Waals surface area contributed by atoms with Gasteiger partial charge in [0.15, 0.2) is 0 Å². The van der Waals surface area contributed by atoms with Crippen LogP contribution < -0.4 is 5.43 Å². The Morgan fingerprint density at radius 1 is 1.28 bits per heavy atom. The first-order valence-corrected chi connectivity index (χ1v) is 6.33. The van der Waals surface area contributed by atoms with Gasteiger partial charge in [0.05, 0.1) is 6.21 Å². The molecule has 0 atom stereocenters. The zero-order chi connectivity index (χ0) is 13.2. The second-order valence-electron chi connectivity index (χ2n) is 4.20. The summed E-state index contributed by atoms with van der Waals surface area (Å²) < 4.78 is 0. The standard InChI is InChI=1S/C14H20N2O2/c1-2-3-4-5-6-14(18)16-15-11-12-7-9-13(17)10-8-12/h7-11,17H,2-6H2,1H3,(H,16,18)/b15-11-. The number of carbonyl (C=O) groups is 1. The number of amides is 1. The zero-order valence-electron chi connectivity index (χ0n) is 10.7. The van der Waals surface area contributed by atoms with E-state index in [0.29, 0.717) is 6.42 Å². The Morgan fingerprint density at radius 3 is 2.67 bits per heavy atom. The van der Waals surface area contributed by atoms with Crippen LogP contribution in [0.15, 0.2) is 29.4 Å². The fourth-order valence-electron chi connectivity index (χ4n) is 1.51. The van der Waals surface area contributed by atoms with Crippen LogP contribution >= 0.6 is 0 Å². The number of aromatic hydroxyl groups is 1. The minimum absolute atomic E-state index is 0.0545. The molecule has 4 nitrogen and oxygen atoms in total. The number of unbranched alkanes of at least 4 members (excludes halogenated alkanes) is 3. The Labute approximate surface area is 108 Å². The molecule has 2 N–H and O–H groups in total. The van der Waals surface area contributed by atoms with Gasteiger partial charge in [0.25, 0.3) is 0 Å². The molecule has 0 bridgehead atoms. The van der Waals surface area contributed by atoms with Crippen molar-refractivity contribution in [2.75, 3.05) is 0 Å². The molecular formula is C14H20N2O2. The molecule has 0 radical (unpaired) electrons. The lowest BCUT2D eigenvalue weighted by Gasteiger charge is -1.99. The van der Waals surface area contributed by atoms with E-state index in [2.05, 4.69) is 17.5 Å². The second kappa shape index (κ2) is 8.28. The Kier molecular flexibility index (Phi) is 6.54. The summed E-state index contributed by atoms with van der Waals surface area (Å²) in [6.45, 7) is 2.14. The van der Waals surface area contributed by atoms with E-state index >= 15 is 0 Å². The zero-order valence-corrected chi connectivity index (χ0v) is 10.7. The van der Waals surface area contributed by atoms with E-state index in [0.717, 1.165) is 18.4 Å². The molecule has 4 heteroatoms. The number of hydrogen-bond acceptors (Lipinski definition) is 3. The Hall–Kier alpha value is -1.84. The third-order valence-electron chi connectivity index (χ3n) is 2.55. The Balaban J connectivity index is 2.23. The Bertz CT molecular complexity index is 385. The summed E-state index contributed by atoms with van der Waals surface area (Å²) in [5.41, 5.74) is 3.32. The largest absolute Gasteiger partial charge is 0.508 e. The number of phenols is 1. The first-order valence-electron chi connectivity index (χ1n) is 6.33. The molecule has 1 aromatic rings.